The van der Waals surface area contributed by atoms with Gasteiger partial charge in [0.2, 0.25) is 0 Å². The van der Waals surface area contributed by atoms with E-state index in [-0.39, 0.29) is 59.6 Å². The molecule has 9 aliphatic rings. The Kier molecular flexibility index (Phi) is 14.6. The van der Waals surface area contributed by atoms with Crippen LogP contribution in [0.3, 0.4) is 0 Å². The Morgan fingerprint density at radius 3 is 2.12 bits per heavy atom. The normalized spacial score (nSPS) is 48.7. The number of aliphatic carboxylic acids is 1. The molecule has 9 N–H and O–H groups in total. The summed E-state index contributed by atoms with van der Waals surface area (Å²) in [5.41, 5.74) is -0.312. The third-order valence-corrected chi connectivity index (χ3v) is 20.8. The predicted octanol–water partition coefficient (Wildman–Crippen LogP) is 2.84. The first kappa shape index (κ1) is 55.2. The maximum atomic E-state index is 13.8. The molecule has 19 heteroatoms. The molecule has 8 fully saturated rings. The van der Waals surface area contributed by atoms with Crippen LogP contribution >= 0.6 is 0 Å². The third kappa shape index (κ3) is 8.95. The minimum absolute atomic E-state index is 0.108. The van der Waals surface area contributed by atoms with E-state index in [1.54, 1.807) is 13.2 Å². The van der Waals surface area contributed by atoms with Crippen molar-refractivity contribution in [2.75, 3.05) is 26.9 Å². The number of allylic oxidation sites excluding steroid dienone is 2. The van der Waals surface area contributed by atoms with Crippen molar-refractivity contribution in [1.29, 1.82) is 0 Å². The fourth-order valence-electron chi connectivity index (χ4n) is 16.6. The van der Waals surface area contributed by atoms with E-state index >= 15 is 0 Å². The van der Waals surface area contributed by atoms with E-state index < -0.39 is 127 Å². The number of esters is 1. The number of hydrogen-bond donors (Lipinski definition) is 9. The number of rotatable bonds is 12. The molecule has 1 spiro atoms. The summed E-state index contributed by atoms with van der Waals surface area (Å²) in [6.45, 7) is 12.1. The van der Waals surface area contributed by atoms with Gasteiger partial charge < -0.3 is 83.9 Å². The van der Waals surface area contributed by atoms with E-state index in [0.717, 1.165) is 37.7 Å². The molecule has 3 saturated heterocycles. The molecule has 10 rings (SSSR count). The summed E-state index contributed by atoms with van der Waals surface area (Å²) in [5.74, 6) is -0.189. The highest BCUT2D eigenvalue weighted by atomic mass is 16.8. The number of carboxylic acid groups (broad SMARTS) is 1. The molecule has 19 nitrogen and oxygen atoms in total. The smallest absolute Gasteiger partial charge is 0.331 e. The number of methoxy groups -OCH3 is 1. The van der Waals surface area contributed by atoms with Gasteiger partial charge in [0.15, 0.2) is 18.9 Å². The van der Waals surface area contributed by atoms with Gasteiger partial charge in [-0.15, -0.1) is 0 Å². The van der Waals surface area contributed by atoms with Crippen molar-refractivity contribution in [3.8, 4) is 5.75 Å². The van der Waals surface area contributed by atoms with Crippen molar-refractivity contribution in [3.63, 3.8) is 0 Å². The minimum Gasteiger partial charge on any atom is -0.497 e. The maximum Gasteiger partial charge on any atom is 0.331 e. The molecule has 6 aliphatic carbocycles. The number of aliphatic hydroxyl groups is 8. The Hall–Kier alpha value is -3.12. The molecule has 75 heavy (non-hydrogen) atoms. The lowest BCUT2D eigenvalue weighted by Gasteiger charge is -2.69. The standard InChI is InChI=1S/C56H80O19/c1-51(2)22-31-30-13-14-36-53(5)18-17-37(74-49-46(43(63)41(61)33(24-57)71-49)75-48-45(65)42(62)34(26-70-48)72-47-44(64)40(60)32(58)25-69-47)52(3,4)35(53)16-19-54(36,6)56(30)21-28(56)20-55(31,50(66)67)23-38(51)73-39(59)15-10-27-8-11-29(68-7)12-9-27/h8-13,15,28,31-38,40-49,57-58,60-65H,14,16-26H2,1-7H3,(H,66,67)/b15-10+/t28-,31+,32-,33-,34-,35+,36-,37+,38+,40+,41-,42+,43+,44-,45-,46-,47+,48+,49+,53+,54-,55-,56-/m1/s1. The third-order valence-electron chi connectivity index (χ3n) is 20.8. The van der Waals surface area contributed by atoms with Gasteiger partial charge in [-0.1, -0.05) is 65.3 Å². The lowest BCUT2D eigenvalue weighted by atomic mass is 9.36. The topological polar surface area (TPSA) is 290 Å². The molecule has 3 aliphatic heterocycles. The van der Waals surface area contributed by atoms with Gasteiger partial charge in [0, 0.05) is 23.3 Å². The Morgan fingerprint density at radius 2 is 1.43 bits per heavy atom. The van der Waals surface area contributed by atoms with Gasteiger partial charge in [-0.3, -0.25) is 4.79 Å². The van der Waals surface area contributed by atoms with E-state index in [2.05, 4.69) is 47.6 Å². The monoisotopic (exact) mass is 1060 g/mol. The second-order valence-corrected chi connectivity index (χ2v) is 25.4. The average Bonchev–Trinajstić information content (AvgIpc) is 4.10. The molecule has 0 radical (unpaired) electrons. The summed E-state index contributed by atoms with van der Waals surface area (Å²) in [6, 6.07) is 7.33. The van der Waals surface area contributed by atoms with Crippen molar-refractivity contribution in [2.24, 2.45) is 56.2 Å². The summed E-state index contributed by atoms with van der Waals surface area (Å²) in [6.07, 6.45) is -8.85. The molecular formula is C56H80O19. The van der Waals surface area contributed by atoms with E-state index in [1.165, 1.54) is 11.6 Å². The van der Waals surface area contributed by atoms with Crippen LogP contribution in [0.25, 0.3) is 6.08 Å². The molecule has 418 valence electrons. The van der Waals surface area contributed by atoms with Crippen molar-refractivity contribution in [2.45, 2.75) is 191 Å². The zero-order valence-electron chi connectivity index (χ0n) is 44.1. The highest BCUT2D eigenvalue weighted by Crippen LogP contribution is 2.85. The van der Waals surface area contributed by atoms with E-state index in [9.17, 15) is 55.5 Å². The summed E-state index contributed by atoms with van der Waals surface area (Å²) >= 11 is 0. The number of carbonyl (C=O) groups excluding carboxylic acids is 1. The fraction of sp³-hybridized carbons (Fsp3) is 0.786. The van der Waals surface area contributed by atoms with Crippen LogP contribution in [0.1, 0.15) is 105 Å². The van der Waals surface area contributed by atoms with Gasteiger partial charge >= 0.3 is 11.9 Å². The number of carbonyl (C=O) groups is 2. The first-order chi connectivity index (χ1) is 35.4. The van der Waals surface area contributed by atoms with Gasteiger partial charge in [0.1, 0.15) is 72.9 Å². The van der Waals surface area contributed by atoms with E-state index in [4.69, 9.17) is 37.9 Å². The van der Waals surface area contributed by atoms with Crippen molar-refractivity contribution >= 4 is 18.0 Å². The number of benzene rings is 1. The fourth-order valence-corrected chi connectivity index (χ4v) is 16.6. The van der Waals surface area contributed by atoms with Crippen LogP contribution in [0.15, 0.2) is 42.0 Å². The van der Waals surface area contributed by atoms with Crippen LogP contribution in [0, 0.1) is 56.2 Å². The van der Waals surface area contributed by atoms with Crippen LogP contribution in [-0.4, -0.2) is 177 Å². The number of fused-ring (bicyclic) bond motifs is 5. The molecule has 1 aromatic rings. The lowest BCUT2D eigenvalue weighted by Crippen LogP contribution is -2.66. The molecule has 23 atom stereocenters. The summed E-state index contributed by atoms with van der Waals surface area (Å²) < 4.78 is 47.4. The first-order valence-corrected chi connectivity index (χ1v) is 27.1. The predicted molar refractivity (Wildman–Crippen MR) is 264 cm³/mol. The summed E-state index contributed by atoms with van der Waals surface area (Å²) in [7, 11) is 1.59. The van der Waals surface area contributed by atoms with Gasteiger partial charge in [0.25, 0.3) is 0 Å². The molecule has 0 bridgehead atoms. The number of aliphatic hydroxyl groups excluding tert-OH is 8. The number of hydrogen-bond acceptors (Lipinski definition) is 18. The van der Waals surface area contributed by atoms with Gasteiger partial charge in [-0.25, -0.2) is 4.79 Å². The maximum absolute atomic E-state index is 13.8. The highest BCUT2D eigenvalue weighted by Gasteiger charge is 2.79. The van der Waals surface area contributed by atoms with Crippen LogP contribution in [0.4, 0.5) is 0 Å². The second-order valence-electron chi connectivity index (χ2n) is 25.4. The van der Waals surface area contributed by atoms with Crippen LogP contribution in [0.2, 0.25) is 0 Å². The Balaban J connectivity index is 0.841. The quantitative estimate of drug-likeness (QED) is 0.0630. The Labute approximate surface area is 438 Å². The summed E-state index contributed by atoms with van der Waals surface area (Å²) in [5, 5.41) is 96.9. The largest absolute Gasteiger partial charge is 0.497 e. The second kappa shape index (κ2) is 19.9. The molecule has 0 amide bonds. The SMILES string of the molecule is COc1ccc(/C=C/C(=O)O[C@H]2C[C@]3(C(=O)O)C[C@@H]4C[C@]45C(=CC[C@@H]4[C@@]6(C)CC[C@H](O[C@@H]7O[C@H](CO)[C@@H](O)[C@H](O)[C@H]7O[C@@H]7OC[C@@H](O[C@@H]8OC[C@@H](O)[C@H](O)[C@H]8O)[C@H](O)[C@H]7O)C(C)(C)[C@@H]6CC[C@]45C)[C@@H]3CC2(C)C)cc1. The Morgan fingerprint density at radius 1 is 0.733 bits per heavy atom. The van der Waals surface area contributed by atoms with Crippen LogP contribution < -0.4 is 4.74 Å². The van der Waals surface area contributed by atoms with Crippen LogP contribution in [-0.2, 0) is 42.7 Å². The first-order valence-electron chi connectivity index (χ1n) is 27.1. The Bertz CT molecular complexity index is 2340. The number of carboxylic acids is 1. The van der Waals surface area contributed by atoms with Crippen molar-refractivity contribution in [1.82, 2.24) is 0 Å². The van der Waals surface area contributed by atoms with Gasteiger partial charge in [-0.05, 0) is 115 Å². The zero-order valence-corrected chi connectivity index (χ0v) is 44.1. The average molecular weight is 1060 g/mol. The van der Waals surface area contributed by atoms with Gasteiger partial charge in [-0.2, -0.15) is 0 Å². The molecular weight excluding hydrogens is 977 g/mol. The zero-order chi connectivity index (χ0) is 53.9. The molecule has 0 aromatic heterocycles. The highest BCUT2D eigenvalue weighted by molar-refractivity contribution is 5.87. The molecule has 5 saturated carbocycles. The van der Waals surface area contributed by atoms with Crippen molar-refractivity contribution in [3.05, 3.63) is 47.6 Å². The van der Waals surface area contributed by atoms with Crippen molar-refractivity contribution < 1.29 is 93.4 Å². The minimum atomic E-state index is -1.78. The van der Waals surface area contributed by atoms with Gasteiger partial charge in [0.05, 0.1) is 38.4 Å². The molecule has 0 unspecified atom stereocenters. The van der Waals surface area contributed by atoms with E-state index in [1.807, 2.05) is 24.3 Å². The number of ether oxygens (including phenoxy) is 8. The van der Waals surface area contributed by atoms with Crippen LogP contribution in [0.5, 0.6) is 5.75 Å². The van der Waals surface area contributed by atoms with E-state index in [0.29, 0.717) is 25.0 Å². The molecule has 3 heterocycles. The summed E-state index contributed by atoms with van der Waals surface area (Å²) in [4.78, 5) is 27.2. The lowest BCUT2D eigenvalue weighted by molar-refractivity contribution is -0.377. The molecule has 1 aromatic carbocycles.